The van der Waals surface area contributed by atoms with Crippen molar-refractivity contribution in [3.05, 3.63) is 28.2 Å². The molecule has 0 radical (unpaired) electrons. The van der Waals surface area contributed by atoms with Crippen molar-refractivity contribution in [3.63, 3.8) is 0 Å². The number of rotatable bonds is 3. The Kier molecular flexibility index (Phi) is 3.83. The maximum Gasteiger partial charge on any atom is 0.149 e. The van der Waals surface area contributed by atoms with Gasteiger partial charge in [-0.3, -0.25) is 0 Å². The average molecular weight is 265 g/mol. The van der Waals surface area contributed by atoms with Gasteiger partial charge in [-0.1, -0.05) is 0 Å². The predicted molar refractivity (Wildman–Crippen MR) is 56.2 cm³/mol. The Bertz CT molecular complexity index is 331. The number of halogens is 3. The third-order valence-corrected chi connectivity index (χ3v) is 2.37. The Balaban J connectivity index is 2.92. The normalized spacial score (nSPS) is 12.6. The largest absolute Gasteiger partial charge is 0.379 e. The highest BCUT2D eigenvalue weighted by Crippen LogP contribution is 2.23. The van der Waals surface area contributed by atoms with Crippen LogP contribution in [0.4, 0.5) is 14.5 Å². The van der Waals surface area contributed by atoms with Gasteiger partial charge in [0, 0.05) is 18.7 Å². The van der Waals surface area contributed by atoms with Gasteiger partial charge in [-0.15, -0.1) is 0 Å². The molecule has 2 nitrogen and oxygen atoms in total. The first-order chi connectivity index (χ1) is 6.54. The first-order valence-electron chi connectivity index (χ1n) is 4.15. The van der Waals surface area contributed by atoms with Gasteiger partial charge in [0.1, 0.15) is 11.6 Å². The standard InChI is InChI=1S/C9H11BrF2N2/c1-5(4-13)14-9-2-6(10)7(11)3-8(9)12/h2-3,5,14H,4,13H2,1H3. The van der Waals surface area contributed by atoms with Crippen LogP contribution in [-0.2, 0) is 0 Å². The van der Waals surface area contributed by atoms with Crippen LogP contribution in [0.5, 0.6) is 0 Å². The Morgan fingerprint density at radius 2 is 2.07 bits per heavy atom. The molecule has 0 saturated heterocycles. The molecule has 1 unspecified atom stereocenters. The summed E-state index contributed by atoms with van der Waals surface area (Å²) in [5.41, 5.74) is 5.61. The fraction of sp³-hybridized carbons (Fsp3) is 0.333. The van der Waals surface area contributed by atoms with E-state index in [0.717, 1.165) is 6.07 Å². The molecule has 1 aromatic rings. The Morgan fingerprint density at radius 1 is 1.43 bits per heavy atom. The first-order valence-corrected chi connectivity index (χ1v) is 4.95. The lowest BCUT2D eigenvalue weighted by Gasteiger charge is -2.13. The van der Waals surface area contributed by atoms with Gasteiger partial charge in [-0.25, -0.2) is 8.78 Å². The molecule has 1 aromatic carbocycles. The van der Waals surface area contributed by atoms with E-state index in [9.17, 15) is 8.78 Å². The zero-order chi connectivity index (χ0) is 10.7. The van der Waals surface area contributed by atoms with Crippen LogP contribution >= 0.6 is 15.9 Å². The highest BCUT2D eigenvalue weighted by atomic mass is 79.9. The Hall–Kier alpha value is -0.680. The highest BCUT2D eigenvalue weighted by molar-refractivity contribution is 9.10. The van der Waals surface area contributed by atoms with E-state index < -0.39 is 11.6 Å². The second kappa shape index (κ2) is 4.70. The van der Waals surface area contributed by atoms with Crippen LogP contribution in [0, 0.1) is 11.6 Å². The molecule has 0 aliphatic rings. The molecule has 0 aromatic heterocycles. The summed E-state index contributed by atoms with van der Waals surface area (Å²) in [7, 11) is 0. The van der Waals surface area contributed by atoms with E-state index in [1.165, 1.54) is 6.07 Å². The van der Waals surface area contributed by atoms with Crippen molar-refractivity contribution >= 4 is 21.6 Å². The zero-order valence-corrected chi connectivity index (χ0v) is 9.24. The fourth-order valence-electron chi connectivity index (χ4n) is 0.958. The predicted octanol–water partition coefficient (Wildman–Crippen LogP) is 2.49. The molecule has 14 heavy (non-hydrogen) atoms. The topological polar surface area (TPSA) is 38.0 Å². The minimum Gasteiger partial charge on any atom is -0.379 e. The molecule has 0 saturated carbocycles. The SMILES string of the molecule is CC(CN)Nc1cc(Br)c(F)cc1F. The van der Waals surface area contributed by atoms with E-state index in [4.69, 9.17) is 5.73 Å². The molecule has 0 aliphatic heterocycles. The van der Waals surface area contributed by atoms with Gasteiger partial charge in [0.05, 0.1) is 10.2 Å². The van der Waals surface area contributed by atoms with Gasteiger partial charge in [-0.05, 0) is 28.9 Å². The van der Waals surface area contributed by atoms with Crippen molar-refractivity contribution in [2.45, 2.75) is 13.0 Å². The molecule has 0 amide bonds. The number of anilines is 1. The summed E-state index contributed by atoms with van der Waals surface area (Å²) >= 11 is 2.98. The van der Waals surface area contributed by atoms with E-state index in [1.807, 2.05) is 6.92 Å². The van der Waals surface area contributed by atoms with E-state index >= 15 is 0 Å². The number of hydrogen-bond donors (Lipinski definition) is 2. The summed E-state index contributed by atoms with van der Waals surface area (Å²) in [6, 6.07) is 2.13. The van der Waals surface area contributed by atoms with E-state index in [0.29, 0.717) is 6.54 Å². The van der Waals surface area contributed by atoms with Crippen molar-refractivity contribution in [1.29, 1.82) is 0 Å². The van der Waals surface area contributed by atoms with E-state index in [2.05, 4.69) is 21.2 Å². The molecule has 0 heterocycles. The molecule has 0 bridgehead atoms. The smallest absolute Gasteiger partial charge is 0.149 e. The van der Waals surface area contributed by atoms with Crippen molar-refractivity contribution in [1.82, 2.24) is 0 Å². The van der Waals surface area contributed by atoms with Gasteiger partial charge in [0.25, 0.3) is 0 Å². The second-order valence-corrected chi connectivity index (χ2v) is 3.88. The summed E-state index contributed by atoms with van der Waals surface area (Å²) < 4.78 is 26.2. The van der Waals surface area contributed by atoms with Crippen molar-refractivity contribution in [2.75, 3.05) is 11.9 Å². The molecule has 5 heteroatoms. The van der Waals surface area contributed by atoms with Gasteiger partial charge in [0.15, 0.2) is 0 Å². The van der Waals surface area contributed by atoms with Crippen molar-refractivity contribution in [2.24, 2.45) is 5.73 Å². The van der Waals surface area contributed by atoms with Gasteiger partial charge in [-0.2, -0.15) is 0 Å². The molecule has 3 N–H and O–H groups in total. The van der Waals surface area contributed by atoms with Crippen molar-refractivity contribution < 1.29 is 8.78 Å². The minimum atomic E-state index is -0.619. The number of nitrogens with two attached hydrogens (primary N) is 1. The molecule has 0 spiro atoms. The van der Waals surface area contributed by atoms with Crippen LogP contribution in [0.25, 0.3) is 0 Å². The van der Waals surface area contributed by atoms with Crippen LogP contribution < -0.4 is 11.1 Å². The number of hydrogen-bond acceptors (Lipinski definition) is 2. The lowest BCUT2D eigenvalue weighted by molar-refractivity contribution is 0.579. The highest BCUT2D eigenvalue weighted by Gasteiger charge is 2.09. The number of benzene rings is 1. The Morgan fingerprint density at radius 3 is 2.64 bits per heavy atom. The summed E-state index contributed by atoms with van der Waals surface area (Å²) in [6.07, 6.45) is 0. The lowest BCUT2D eigenvalue weighted by atomic mass is 10.2. The Labute approximate surface area is 89.6 Å². The summed E-state index contributed by atoms with van der Waals surface area (Å²) in [4.78, 5) is 0. The van der Waals surface area contributed by atoms with E-state index in [1.54, 1.807) is 0 Å². The molecular formula is C9H11BrF2N2. The van der Waals surface area contributed by atoms with Gasteiger partial charge >= 0.3 is 0 Å². The van der Waals surface area contributed by atoms with Crippen LogP contribution in [0.1, 0.15) is 6.92 Å². The summed E-state index contributed by atoms with van der Waals surface area (Å²) in [6.45, 7) is 2.20. The van der Waals surface area contributed by atoms with Crippen LogP contribution in [0.3, 0.4) is 0 Å². The average Bonchev–Trinajstić information content (AvgIpc) is 2.14. The molecule has 0 fully saturated rings. The third kappa shape index (κ3) is 2.65. The fourth-order valence-corrected chi connectivity index (χ4v) is 1.30. The molecular weight excluding hydrogens is 254 g/mol. The summed E-state index contributed by atoms with van der Waals surface area (Å²) in [5.74, 6) is -1.24. The molecule has 1 rings (SSSR count). The number of nitrogens with one attached hydrogen (secondary N) is 1. The van der Waals surface area contributed by atoms with Gasteiger partial charge < -0.3 is 11.1 Å². The molecule has 0 aliphatic carbocycles. The zero-order valence-electron chi connectivity index (χ0n) is 7.65. The molecule has 1 atom stereocenters. The lowest BCUT2D eigenvalue weighted by Crippen LogP contribution is -2.25. The van der Waals surface area contributed by atoms with Crippen LogP contribution in [-0.4, -0.2) is 12.6 Å². The van der Waals surface area contributed by atoms with Crippen LogP contribution in [0.2, 0.25) is 0 Å². The minimum absolute atomic E-state index is 0.0538. The van der Waals surface area contributed by atoms with Gasteiger partial charge in [0.2, 0.25) is 0 Å². The van der Waals surface area contributed by atoms with E-state index in [-0.39, 0.29) is 16.2 Å². The maximum atomic E-state index is 13.2. The maximum absolute atomic E-state index is 13.2. The third-order valence-electron chi connectivity index (χ3n) is 1.77. The molecule has 78 valence electrons. The monoisotopic (exact) mass is 264 g/mol. The second-order valence-electron chi connectivity index (χ2n) is 3.03. The van der Waals surface area contributed by atoms with Crippen molar-refractivity contribution in [3.8, 4) is 0 Å². The first kappa shape index (κ1) is 11.4. The summed E-state index contributed by atoms with van der Waals surface area (Å²) in [5, 5.41) is 2.83. The quantitative estimate of drug-likeness (QED) is 0.824. The van der Waals surface area contributed by atoms with Crippen LogP contribution in [0.15, 0.2) is 16.6 Å².